The standard InChI is InChI=1S/C20H21Cl2N2O7PS2/c1-23(2)34(30,31)20-8-4-5-17-18(20)6-3-7-19(17)24(9-10-32(25,26)27)33(28,29)16-12-14(21)11-15(22)13-16/h3-8,11-13H,9-10H2,1-2H3,(H2,25,26,27). The SMILES string of the molecule is CN(C)S(=O)(=O)c1cccc2c(N(CCP(=O)(O)O)S(=O)(=O)c3cc(Cl)cc(Cl)c3)cccc12. The number of sulfonamides is 2. The first-order valence-electron chi connectivity index (χ1n) is 9.62. The Morgan fingerprint density at radius 1 is 0.853 bits per heavy atom. The highest BCUT2D eigenvalue weighted by atomic mass is 35.5. The van der Waals surface area contributed by atoms with Crippen LogP contribution in [0.3, 0.4) is 0 Å². The van der Waals surface area contributed by atoms with Crippen molar-refractivity contribution in [2.24, 2.45) is 0 Å². The summed E-state index contributed by atoms with van der Waals surface area (Å²) in [6, 6.07) is 12.5. The van der Waals surface area contributed by atoms with Crippen LogP contribution in [0.4, 0.5) is 5.69 Å². The second kappa shape index (κ2) is 9.75. The number of nitrogens with zero attached hydrogens (tertiary/aromatic N) is 2. The molecule has 3 aromatic carbocycles. The molecule has 14 heteroatoms. The lowest BCUT2D eigenvalue weighted by molar-refractivity contribution is 0.373. The smallest absolute Gasteiger partial charge is 0.324 e. The van der Waals surface area contributed by atoms with Crippen LogP contribution in [-0.4, -0.2) is 57.7 Å². The molecule has 0 amide bonds. The Labute approximate surface area is 207 Å². The fourth-order valence-corrected chi connectivity index (χ4v) is 7.21. The number of hydrogen-bond donors (Lipinski definition) is 2. The van der Waals surface area contributed by atoms with Crippen LogP contribution in [-0.2, 0) is 24.6 Å². The van der Waals surface area contributed by atoms with Crippen molar-refractivity contribution in [1.82, 2.24) is 4.31 Å². The average molecular weight is 567 g/mol. The van der Waals surface area contributed by atoms with E-state index in [-0.39, 0.29) is 36.3 Å². The van der Waals surface area contributed by atoms with Crippen molar-refractivity contribution in [3.63, 3.8) is 0 Å². The van der Waals surface area contributed by atoms with Crippen molar-refractivity contribution in [2.75, 3.05) is 31.1 Å². The van der Waals surface area contributed by atoms with Gasteiger partial charge in [-0.3, -0.25) is 8.87 Å². The molecule has 2 N–H and O–H groups in total. The molecule has 0 heterocycles. The molecule has 0 atom stereocenters. The lowest BCUT2D eigenvalue weighted by Gasteiger charge is -2.26. The monoisotopic (exact) mass is 566 g/mol. The van der Waals surface area contributed by atoms with Crippen molar-refractivity contribution in [3.05, 3.63) is 64.6 Å². The Morgan fingerprint density at radius 3 is 1.97 bits per heavy atom. The number of fused-ring (bicyclic) bond motifs is 1. The van der Waals surface area contributed by atoms with Crippen LogP contribution in [0.25, 0.3) is 10.8 Å². The van der Waals surface area contributed by atoms with Gasteiger partial charge in [-0.25, -0.2) is 21.1 Å². The maximum absolute atomic E-state index is 13.6. The number of benzene rings is 3. The third kappa shape index (κ3) is 5.58. The molecule has 3 aromatic rings. The first-order chi connectivity index (χ1) is 15.6. The van der Waals surface area contributed by atoms with Gasteiger partial charge in [-0.2, -0.15) is 0 Å². The van der Waals surface area contributed by atoms with Crippen molar-refractivity contribution in [3.8, 4) is 0 Å². The lowest BCUT2D eigenvalue weighted by Crippen LogP contribution is -2.34. The largest absolute Gasteiger partial charge is 0.327 e. The summed E-state index contributed by atoms with van der Waals surface area (Å²) in [7, 11) is -10.1. The van der Waals surface area contributed by atoms with Gasteiger partial charge in [-0.1, -0.05) is 47.5 Å². The highest BCUT2D eigenvalue weighted by molar-refractivity contribution is 7.93. The van der Waals surface area contributed by atoms with Crippen LogP contribution in [0.2, 0.25) is 10.0 Å². The Morgan fingerprint density at radius 2 is 1.41 bits per heavy atom. The van der Waals surface area contributed by atoms with E-state index in [0.717, 1.165) is 8.61 Å². The summed E-state index contributed by atoms with van der Waals surface area (Å²) < 4.78 is 66.4. The Kier molecular flexibility index (Phi) is 7.72. The second-order valence-corrected chi connectivity index (χ2v) is 14.1. The molecule has 0 unspecified atom stereocenters. The molecule has 0 saturated heterocycles. The van der Waals surface area contributed by atoms with E-state index in [0.29, 0.717) is 0 Å². The zero-order valence-electron chi connectivity index (χ0n) is 18.0. The topological polar surface area (TPSA) is 132 Å². The van der Waals surface area contributed by atoms with Crippen molar-refractivity contribution in [2.45, 2.75) is 9.79 Å². The Bertz CT molecular complexity index is 1490. The number of rotatable bonds is 8. The summed E-state index contributed by atoms with van der Waals surface area (Å²) in [6.45, 7) is -0.583. The van der Waals surface area contributed by atoms with Gasteiger partial charge in [0.25, 0.3) is 10.0 Å². The van der Waals surface area contributed by atoms with Gasteiger partial charge in [0.2, 0.25) is 10.0 Å². The Hall–Kier alpha value is -1.69. The van der Waals surface area contributed by atoms with Crippen molar-refractivity contribution >= 4 is 67.3 Å². The van der Waals surface area contributed by atoms with E-state index in [9.17, 15) is 31.2 Å². The van der Waals surface area contributed by atoms with Crippen LogP contribution in [0.15, 0.2) is 64.4 Å². The van der Waals surface area contributed by atoms with Gasteiger partial charge in [0.1, 0.15) is 0 Å². The molecule has 0 saturated carbocycles. The molecule has 0 aromatic heterocycles. The van der Waals surface area contributed by atoms with Crippen LogP contribution in [0.1, 0.15) is 0 Å². The highest BCUT2D eigenvalue weighted by Crippen LogP contribution is 2.39. The van der Waals surface area contributed by atoms with Crippen LogP contribution in [0.5, 0.6) is 0 Å². The quantitative estimate of drug-likeness (QED) is 0.396. The fraction of sp³-hybridized carbons (Fsp3) is 0.200. The minimum Gasteiger partial charge on any atom is -0.324 e. The van der Waals surface area contributed by atoms with E-state index in [1.54, 1.807) is 0 Å². The maximum Gasteiger partial charge on any atom is 0.327 e. The molecular weight excluding hydrogens is 546 g/mol. The first kappa shape index (κ1) is 26.9. The Balaban J connectivity index is 2.31. The van der Waals surface area contributed by atoms with E-state index in [1.165, 1.54) is 68.7 Å². The van der Waals surface area contributed by atoms with E-state index < -0.39 is 40.3 Å². The normalized spacial score (nSPS) is 12.9. The highest BCUT2D eigenvalue weighted by Gasteiger charge is 2.30. The first-order valence-corrected chi connectivity index (χ1v) is 15.1. The molecule has 0 bridgehead atoms. The molecule has 3 rings (SSSR count). The molecule has 0 fully saturated rings. The number of anilines is 1. The van der Waals surface area contributed by atoms with Gasteiger partial charge in [-0.15, -0.1) is 0 Å². The molecule has 9 nitrogen and oxygen atoms in total. The van der Waals surface area contributed by atoms with Gasteiger partial charge in [0.05, 0.1) is 21.6 Å². The van der Waals surface area contributed by atoms with Gasteiger partial charge in [0.15, 0.2) is 0 Å². The van der Waals surface area contributed by atoms with Gasteiger partial charge >= 0.3 is 7.60 Å². The summed E-state index contributed by atoms with van der Waals surface area (Å²) in [4.78, 5) is 18.5. The van der Waals surface area contributed by atoms with E-state index >= 15 is 0 Å². The molecular formula is C20H21Cl2N2O7PS2. The van der Waals surface area contributed by atoms with Crippen LogP contribution < -0.4 is 4.31 Å². The van der Waals surface area contributed by atoms with Gasteiger partial charge in [0, 0.05) is 41.5 Å². The van der Waals surface area contributed by atoms with Crippen LogP contribution >= 0.6 is 30.8 Å². The summed E-state index contributed by atoms with van der Waals surface area (Å²) in [6.07, 6.45) is -0.771. The minimum atomic E-state index is -4.59. The molecule has 0 aliphatic carbocycles. The fourth-order valence-electron chi connectivity index (χ4n) is 3.30. The summed E-state index contributed by atoms with van der Waals surface area (Å²) in [5, 5.41) is 0.610. The van der Waals surface area contributed by atoms with E-state index in [1.807, 2.05) is 0 Å². The molecule has 0 radical (unpaired) electrons. The third-order valence-electron chi connectivity index (χ3n) is 4.90. The molecule has 34 heavy (non-hydrogen) atoms. The average Bonchev–Trinajstić information content (AvgIpc) is 2.71. The molecule has 0 spiro atoms. The van der Waals surface area contributed by atoms with Gasteiger partial charge < -0.3 is 9.79 Å². The second-order valence-electron chi connectivity index (χ2n) is 7.49. The molecule has 0 aliphatic heterocycles. The summed E-state index contributed by atoms with van der Waals surface area (Å²) in [5.41, 5.74) is 0.0397. The van der Waals surface area contributed by atoms with Crippen LogP contribution in [0, 0.1) is 0 Å². The number of halogens is 2. The van der Waals surface area contributed by atoms with Crippen molar-refractivity contribution in [1.29, 1.82) is 0 Å². The number of hydrogen-bond acceptors (Lipinski definition) is 5. The molecule has 0 aliphatic rings. The predicted molar refractivity (Wildman–Crippen MR) is 133 cm³/mol. The van der Waals surface area contributed by atoms with E-state index in [2.05, 4.69) is 0 Å². The predicted octanol–water partition coefficient (Wildman–Crippen LogP) is 3.77. The minimum absolute atomic E-state index is 0.0397. The summed E-state index contributed by atoms with van der Waals surface area (Å²) in [5.74, 6) is 0. The zero-order chi connectivity index (χ0) is 25.5. The molecule has 184 valence electrons. The maximum atomic E-state index is 13.6. The zero-order valence-corrected chi connectivity index (χ0v) is 22.0. The van der Waals surface area contributed by atoms with Gasteiger partial charge in [-0.05, 0) is 30.3 Å². The van der Waals surface area contributed by atoms with E-state index in [4.69, 9.17) is 23.2 Å². The summed E-state index contributed by atoms with van der Waals surface area (Å²) >= 11 is 12.0. The lowest BCUT2D eigenvalue weighted by atomic mass is 10.1. The van der Waals surface area contributed by atoms with Crippen molar-refractivity contribution < 1.29 is 31.2 Å². The third-order valence-corrected chi connectivity index (χ3v) is 9.79.